The monoisotopic (exact) mass is 378 g/mol. The summed E-state index contributed by atoms with van der Waals surface area (Å²) in [6.07, 6.45) is 0. The molecule has 0 N–H and O–H groups in total. The summed E-state index contributed by atoms with van der Waals surface area (Å²) in [5, 5.41) is 3.70. The summed E-state index contributed by atoms with van der Waals surface area (Å²) < 4.78 is 0. The predicted octanol–water partition coefficient (Wildman–Crippen LogP) is 4.82. The molecule has 142 valence electrons. The highest BCUT2D eigenvalue weighted by molar-refractivity contribution is 5.99. The Hall–Kier alpha value is -3.80. The third-order valence-corrected chi connectivity index (χ3v) is 3.86. The molecule has 0 aliphatic rings. The van der Waals surface area contributed by atoms with Crippen molar-refractivity contribution in [3.8, 4) is 11.5 Å². The molecule has 3 rings (SSSR count). The number of benzene rings is 3. The van der Waals surface area contributed by atoms with Gasteiger partial charge in [-0.3, -0.25) is 9.78 Å². The molecule has 0 bridgehead atoms. The van der Waals surface area contributed by atoms with Gasteiger partial charge in [-0.05, 0) is 71.8 Å². The first-order valence-electron chi connectivity index (χ1n) is 8.40. The summed E-state index contributed by atoms with van der Waals surface area (Å²) in [4.78, 5) is 42.4. The zero-order valence-corrected chi connectivity index (χ0v) is 15.5. The molecular formula is C22H18O6. The standard InChI is InChI=1S/C22H18O6/c1-13(2)21(23)27-25-19-7-5-15-10-18-12-20(26-28-22(24)14(3)4)8-6-16(18)9-17(15)11-19/h5-12H,1,3H2,2,4H3. The number of carbonyl (C=O) groups excluding carboxylic acids is 2. The molecule has 0 fully saturated rings. The molecule has 0 aliphatic carbocycles. The Morgan fingerprint density at radius 1 is 0.643 bits per heavy atom. The number of carbonyl (C=O) groups is 2. The van der Waals surface area contributed by atoms with E-state index in [-0.39, 0.29) is 11.1 Å². The van der Waals surface area contributed by atoms with Crippen LogP contribution in [0.3, 0.4) is 0 Å². The number of fused-ring (bicyclic) bond motifs is 2. The topological polar surface area (TPSA) is 71.1 Å². The normalized spacial score (nSPS) is 10.4. The minimum Gasteiger partial charge on any atom is -0.287 e. The molecule has 28 heavy (non-hydrogen) atoms. The van der Waals surface area contributed by atoms with Crippen LogP contribution in [-0.4, -0.2) is 11.9 Å². The largest absolute Gasteiger partial charge is 0.381 e. The lowest BCUT2D eigenvalue weighted by molar-refractivity contribution is -0.208. The third kappa shape index (κ3) is 4.29. The molecule has 0 spiro atoms. The van der Waals surface area contributed by atoms with Gasteiger partial charge in [-0.1, -0.05) is 25.3 Å². The van der Waals surface area contributed by atoms with E-state index in [0.717, 1.165) is 21.5 Å². The summed E-state index contributed by atoms with van der Waals surface area (Å²) in [6, 6.07) is 14.5. The molecule has 0 radical (unpaired) electrons. The third-order valence-electron chi connectivity index (χ3n) is 3.86. The van der Waals surface area contributed by atoms with E-state index in [2.05, 4.69) is 13.2 Å². The Labute approximate surface area is 161 Å². The second-order valence-corrected chi connectivity index (χ2v) is 6.34. The highest BCUT2D eigenvalue weighted by atomic mass is 17.2. The van der Waals surface area contributed by atoms with Crippen LogP contribution in [0.5, 0.6) is 11.5 Å². The average molecular weight is 378 g/mol. The van der Waals surface area contributed by atoms with Crippen molar-refractivity contribution in [2.24, 2.45) is 0 Å². The Kier molecular flexibility index (Phi) is 5.31. The van der Waals surface area contributed by atoms with Gasteiger partial charge < -0.3 is 0 Å². The SMILES string of the molecule is C=C(C)C(=O)OOc1ccc2cc3cc(OOC(=O)C(=C)C)ccc3cc2c1. The van der Waals surface area contributed by atoms with Gasteiger partial charge in [0.05, 0.1) is 0 Å². The van der Waals surface area contributed by atoms with E-state index >= 15 is 0 Å². The molecule has 0 aliphatic heterocycles. The van der Waals surface area contributed by atoms with Crippen LogP contribution >= 0.6 is 0 Å². The first kappa shape index (κ1) is 19.0. The summed E-state index contributed by atoms with van der Waals surface area (Å²) in [5.74, 6) is -0.460. The molecule has 0 atom stereocenters. The summed E-state index contributed by atoms with van der Waals surface area (Å²) in [6.45, 7) is 10.1. The zero-order valence-electron chi connectivity index (χ0n) is 15.5. The highest BCUT2D eigenvalue weighted by Gasteiger charge is 2.09. The highest BCUT2D eigenvalue weighted by Crippen LogP contribution is 2.29. The van der Waals surface area contributed by atoms with Gasteiger partial charge in [0.15, 0.2) is 11.5 Å². The van der Waals surface area contributed by atoms with E-state index in [1.165, 1.54) is 13.8 Å². The average Bonchev–Trinajstić information content (AvgIpc) is 2.68. The van der Waals surface area contributed by atoms with Crippen LogP contribution in [0.15, 0.2) is 72.8 Å². The number of rotatable bonds is 6. The zero-order chi connectivity index (χ0) is 20.3. The summed E-state index contributed by atoms with van der Waals surface area (Å²) >= 11 is 0. The van der Waals surface area contributed by atoms with Gasteiger partial charge >= 0.3 is 11.9 Å². The smallest absolute Gasteiger partial charge is 0.287 e. The second-order valence-electron chi connectivity index (χ2n) is 6.34. The van der Waals surface area contributed by atoms with Crippen LogP contribution in [0, 0.1) is 0 Å². The van der Waals surface area contributed by atoms with Crippen LogP contribution in [0.1, 0.15) is 13.8 Å². The molecule has 6 heteroatoms. The summed E-state index contributed by atoms with van der Waals surface area (Å²) in [7, 11) is 0. The van der Waals surface area contributed by atoms with Gasteiger partial charge in [0, 0.05) is 11.1 Å². The van der Waals surface area contributed by atoms with Crippen molar-refractivity contribution in [1.29, 1.82) is 0 Å². The number of hydrogen-bond donors (Lipinski definition) is 0. The molecule has 0 aromatic heterocycles. The Balaban J connectivity index is 1.82. The predicted molar refractivity (Wildman–Crippen MR) is 105 cm³/mol. The van der Waals surface area contributed by atoms with Crippen molar-refractivity contribution in [3.63, 3.8) is 0 Å². The molecule has 0 unspecified atom stereocenters. The second kappa shape index (κ2) is 7.84. The van der Waals surface area contributed by atoms with Crippen molar-refractivity contribution in [2.75, 3.05) is 0 Å². The van der Waals surface area contributed by atoms with Crippen LogP contribution in [0.4, 0.5) is 0 Å². The van der Waals surface area contributed by atoms with Crippen molar-refractivity contribution in [3.05, 3.63) is 72.8 Å². The Bertz CT molecular complexity index is 1020. The van der Waals surface area contributed by atoms with E-state index < -0.39 is 11.9 Å². The van der Waals surface area contributed by atoms with E-state index in [1.807, 2.05) is 24.3 Å². The van der Waals surface area contributed by atoms with Crippen molar-refractivity contribution in [2.45, 2.75) is 13.8 Å². The molecular weight excluding hydrogens is 360 g/mol. The molecule has 0 saturated carbocycles. The Morgan fingerprint density at radius 2 is 1.04 bits per heavy atom. The number of hydrogen-bond acceptors (Lipinski definition) is 6. The van der Waals surface area contributed by atoms with E-state index in [0.29, 0.717) is 11.5 Å². The van der Waals surface area contributed by atoms with E-state index in [9.17, 15) is 9.59 Å². The maximum atomic E-state index is 11.4. The lowest BCUT2D eigenvalue weighted by Gasteiger charge is -2.08. The van der Waals surface area contributed by atoms with Crippen LogP contribution in [-0.2, 0) is 19.4 Å². The maximum Gasteiger partial charge on any atom is 0.381 e. The molecule has 0 heterocycles. The van der Waals surface area contributed by atoms with Gasteiger partial charge in [-0.2, -0.15) is 0 Å². The van der Waals surface area contributed by atoms with E-state index in [4.69, 9.17) is 19.6 Å². The van der Waals surface area contributed by atoms with Gasteiger partial charge in [-0.25, -0.2) is 19.4 Å². The maximum absolute atomic E-state index is 11.4. The van der Waals surface area contributed by atoms with Gasteiger partial charge in [0.1, 0.15) is 0 Å². The summed E-state index contributed by atoms with van der Waals surface area (Å²) in [5.41, 5.74) is 0.498. The molecule has 6 nitrogen and oxygen atoms in total. The van der Waals surface area contributed by atoms with Crippen molar-refractivity contribution in [1.82, 2.24) is 0 Å². The Morgan fingerprint density at radius 3 is 1.39 bits per heavy atom. The van der Waals surface area contributed by atoms with Gasteiger partial charge in [0.25, 0.3) is 0 Å². The molecule has 0 amide bonds. The molecule has 0 saturated heterocycles. The van der Waals surface area contributed by atoms with Crippen LogP contribution in [0.2, 0.25) is 0 Å². The van der Waals surface area contributed by atoms with Crippen LogP contribution in [0.25, 0.3) is 21.5 Å². The molecule has 3 aromatic carbocycles. The first-order chi connectivity index (χ1) is 13.3. The van der Waals surface area contributed by atoms with Crippen LogP contribution < -0.4 is 9.78 Å². The van der Waals surface area contributed by atoms with Gasteiger partial charge in [0.2, 0.25) is 0 Å². The quantitative estimate of drug-likeness (QED) is 0.265. The van der Waals surface area contributed by atoms with Crippen molar-refractivity contribution >= 4 is 33.5 Å². The molecule has 3 aromatic rings. The lowest BCUT2D eigenvalue weighted by atomic mass is 10.0. The first-order valence-corrected chi connectivity index (χ1v) is 8.40. The van der Waals surface area contributed by atoms with Gasteiger partial charge in [-0.15, -0.1) is 0 Å². The van der Waals surface area contributed by atoms with Crippen molar-refractivity contribution < 1.29 is 29.1 Å². The fourth-order valence-electron chi connectivity index (χ4n) is 2.37. The van der Waals surface area contributed by atoms with E-state index in [1.54, 1.807) is 24.3 Å². The fourth-order valence-corrected chi connectivity index (χ4v) is 2.37. The minimum absolute atomic E-state index is 0.249. The minimum atomic E-state index is -0.626. The fraction of sp³-hybridized carbons (Fsp3) is 0.0909. The lowest BCUT2D eigenvalue weighted by Crippen LogP contribution is -2.08.